The Bertz CT molecular complexity index is 178. The van der Waals surface area contributed by atoms with Crippen LogP contribution in [0.25, 0.3) is 0 Å². The van der Waals surface area contributed by atoms with Gasteiger partial charge in [-0.2, -0.15) is 5.10 Å². The minimum absolute atomic E-state index is 0.604. The fraction of sp³-hybridized carbons (Fsp3) is 0.778. The predicted molar refractivity (Wildman–Crippen MR) is 54.6 cm³/mol. The number of unbranched alkanes of at least 4 members (excludes halogenated alkanes) is 3. The zero-order valence-electron chi connectivity index (χ0n) is 8.47. The molecule has 4 heteroatoms. The van der Waals surface area contributed by atoms with E-state index in [-0.39, 0.29) is 0 Å². The van der Waals surface area contributed by atoms with E-state index in [0.717, 1.165) is 18.6 Å². The van der Waals surface area contributed by atoms with Gasteiger partial charge in [0.1, 0.15) is 0 Å². The summed E-state index contributed by atoms with van der Waals surface area (Å²) in [5.74, 6) is 0. The maximum atomic E-state index is 10.3. The Morgan fingerprint density at radius 2 is 2.08 bits per heavy atom. The predicted octanol–water partition coefficient (Wildman–Crippen LogP) is 2.00. The van der Waals surface area contributed by atoms with Crippen molar-refractivity contribution < 1.29 is 4.79 Å². The van der Waals surface area contributed by atoms with Crippen molar-refractivity contribution in [2.45, 2.75) is 46.0 Å². The van der Waals surface area contributed by atoms with Crippen LogP contribution < -0.4 is 11.2 Å². The lowest BCUT2D eigenvalue weighted by Gasteiger charge is -1.99. The molecule has 0 aromatic carbocycles. The van der Waals surface area contributed by atoms with E-state index in [1.54, 1.807) is 0 Å². The largest absolute Gasteiger partial charge is 0.350 e. The van der Waals surface area contributed by atoms with Gasteiger partial charge in [0, 0.05) is 5.71 Å². The molecule has 3 N–H and O–H groups in total. The molecule has 0 rings (SSSR count). The van der Waals surface area contributed by atoms with Gasteiger partial charge < -0.3 is 5.73 Å². The van der Waals surface area contributed by atoms with Gasteiger partial charge in [-0.1, -0.05) is 26.2 Å². The van der Waals surface area contributed by atoms with Gasteiger partial charge in [0.25, 0.3) is 0 Å². The molecule has 0 aliphatic carbocycles. The van der Waals surface area contributed by atoms with E-state index < -0.39 is 6.03 Å². The Hall–Kier alpha value is -1.06. The fourth-order valence-corrected chi connectivity index (χ4v) is 1.01. The number of amides is 2. The zero-order chi connectivity index (χ0) is 10.1. The summed E-state index contributed by atoms with van der Waals surface area (Å²) in [5.41, 5.74) is 8.00. The average Bonchev–Trinajstić information content (AvgIpc) is 2.09. The zero-order valence-corrected chi connectivity index (χ0v) is 8.47. The van der Waals surface area contributed by atoms with E-state index in [9.17, 15) is 4.79 Å². The summed E-state index contributed by atoms with van der Waals surface area (Å²) in [6, 6.07) is -0.604. The number of hydrogen-bond acceptors (Lipinski definition) is 2. The number of urea groups is 1. The smallest absolute Gasteiger partial charge is 0.332 e. The molecule has 0 saturated carbocycles. The molecule has 0 atom stereocenters. The topological polar surface area (TPSA) is 67.5 Å². The van der Waals surface area contributed by atoms with Gasteiger partial charge in [-0.25, -0.2) is 10.2 Å². The molecule has 0 bridgehead atoms. The summed E-state index contributed by atoms with van der Waals surface area (Å²) in [6.45, 7) is 4.07. The third-order valence-electron chi connectivity index (χ3n) is 1.75. The Morgan fingerprint density at radius 3 is 2.62 bits per heavy atom. The first kappa shape index (κ1) is 11.9. The SMILES string of the molecule is CCCCCC/C(C)=N\NC(N)=O. The second-order valence-corrected chi connectivity index (χ2v) is 3.13. The maximum Gasteiger partial charge on any atom is 0.332 e. The highest BCUT2D eigenvalue weighted by molar-refractivity contribution is 5.83. The summed E-state index contributed by atoms with van der Waals surface area (Å²) in [4.78, 5) is 10.3. The highest BCUT2D eigenvalue weighted by Crippen LogP contribution is 2.02. The molecule has 0 unspecified atom stereocenters. The standard InChI is InChI=1S/C9H19N3O/c1-3-4-5-6-7-8(2)11-12-9(10)13/h3-7H2,1-2H3,(H3,10,12,13)/b11-8-. The molecule has 76 valence electrons. The number of nitrogens with zero attached hydrogens (tertiary/aromatic N) is 1. The molecule has 0 aromatic rings. The number of nitrogens with two attached hydrogens (primary N) is 1. The summed E-state index contributed by atoms with van der Waals surface area (Å²) in [7, 11) is 0. The molecule has 0 fully saturated rings. The third kappa shape index (κ3) is 8.85. The molecule has 2 amide bonds. The minimum Gasteiger partial charge on any atom is -0.350 e. The van der Waals surface area contributed by atoms with E-state index in [1.165, 1.54) is 19.3 Å². The molecule has 0 aliphatic heterocycles. The Labute approximate surface area is 79.6 Å². The summed E-state index contributed by atoms with van der Waals surface area (Å²) >= 11 is 0. The maximum absolute atomic E-state index is 10.3. The van der Waals surface area contributed by atoms with Crippen molar-refractivity contribution in [2.75, 3.05) is 0 Å². The van der Waals surface area contributed by atoms with Gasteiger partial charge in [0.2, 0.25) is 0 Å². The second-order valence-electron chi connectivity index (χ2n) is 3.13. The minimum atomic E-state index is -0.604. The Kier molecular flexibility index (Phi) is 6.96. The van der Waals surface area contributed by atoms with Crippen LogP contribution in [0.4, 0.5) is 4.79 Å². The van der Waals surface area contributed by atoms with Crippen LogP contribution >= 0.6 is 0 Å². The Balaban J connectivity index is 3.43. The average molecular weight is 185 g/mol. The van der Waals surface area contributed by atoms with E-state index in [2.05, 4.69) is 17.5 Å². The molecule has 0 aliphatic rings. The summed E-state index contributed by atoms with van der Waals surface area (Å²) < 4.78 is 0. The molecular formula is C9H19N3O. The van der Waals surface area contributed by atoms with Crippen LogP contribution in [0.1, 0.15) is 46.0 Å². The van der Waals surface area contributed by atoms with Crippen molar-refractivity contribution in [2.24, 2.45) is 10.8 Å². The van der Waals surface area contributed by atoms with Crippen molar-refractivity contribution >= 4 is 11.7 Å². The molecule has 0 radical (unpaired) electrons. The molecule has 0 spiro atoms. The number of hydrazone groups is 1. The van der Waals surface area contributed by atoms with Crippen molar-refractivity contribution in [1.82, 2.24) is 5.43 Å². The monoisotopic (exact) mass is 185 g/mol. The highest BCUT2D eigenvalue weighted by Gasteiger charge is 1.93. The molecule has 0 heterocycles. The number of carbonyl (C=O) groups is 1. The van der Waals surface area contributed by atoms with Gasteiger partial charge in [-0.15, -0.1) is 0 Å². The number of carbonyl (C=O) groups excluding carboxylic acids is 1. The lowest BCUT2D eigenvalue weighted by molar-refractivity contribution is 0.249. The van der Waals surface area contributed by atoms with Gasteiger partial charge in [0.05, 0.1) is 0 Å². The van der Waals surface area contributed by atoms with Crippen LogP contribution in [0.3, 0.4) is 0 Å². The Morgan fingerprint density at radius 1 is 1.38 bits per heavy atom. The number of hydrogen-bond donors (Lipinski definition) is 2. The van der Waals surface area contributed by atoms with Gasteiger partial charge >= 0.3 is 6.03 Å². The molecular weight excluding hydrogens is 166 g/mol. The third-order valence-corrected chi connectivity index (χ3v) is 1.75. The first-order valence-electron chi connectivity index (χ1n) is 4.75. The van der Waals surface area contributed by atoms with Crippen LogP contribution in [0.15, 0.2) is 5.10 Å². The lowest BCUT2D eigenvalue weighted by atomic mass is 10.1. The van der Waals surface area contributed by atoms with E-state index in [4.69, 9.17) is 5.73 Å². The van der Waals surface area contributed by atoms with E-state index >= 15 is 0 Å². The second kappa shape index (κ2) is 7.58. The van der Waals surface area contributed by atoms with Crippen molar-refractivity contribution in [3.63, 3.8) is 0 Å². The van der Waals surface area contributed by atoms with Gasteiger partial charge in [0.15, 0.2) is 0 Å². The molecule has 13 heavy (non-hydrogen) atoms. The van der Waals surface area contributed by atoms with Gasteiger partial charge in [-0.3, -0.25) is 0 Å². The van der Waals surface area contributed by atoms with Crippen molar-refractivity contribution in [3.05, 3.63) is 0 Å². The van der Waals surface area contributed by atoms with E-state index in [1.807, 2.05) is 6.92 Å². The summed E-state index contributed by atoms with van der Waals surface area (Å²) in [5, 5.41) is 3.81. The van der Waals surface area contributed by atoms with Gasteiger partial charge in [-0.05, 0) is 19.8 Å². The normalized spacial score (nSPS) is 11.4. The van der Waals surface area contributed by atoms with E-state index in [0.29, 0.717) is 0 Å². The van der Waals surface area contributed by atoms with Crippen LogP contribution in [0.5, 0.6) is 0 Å². The summed E-state index contributed by atoms with van der Waals surface area (Å²) in [6.07, 6.45) is 5.77. The van der Waals surface area contributed by atoms with Crippen LogP contribution in [-0.4, -0.2) is 11.7 Å². The molecule has 0 aromatic heterocycles. The quantitative estimate of drug-likeness (QED) is 0.371. The lowest BCUT2D eigenvalue weighted by Crippen LogP contribution is -2.25. The number of nitrogens with one attached hydrogen (secondary N) is 1. The molecule has 0 saturated heterocycles. The van der Waals surface area contributed by atoms with Crippen molar-refractivity contribution in [1.29, 1.82) is 0 Å². The first-order valence-corrected chi connectivity index (χ1v) is 4.75. The fourth-order valence-electron chi connectivity index (χ4n) is 1.01. The van der Waals surface area contributed by atoms with Crippen LogP contribution in [0.2, 0.25) is 0 Å². The molecule has 4 nitrogen and oxygen atoms in total. The number of rotatable bonds is 6. The first-order chi connectivity index (χ1) is 6.16. The number of primary amides is 1. The van der Waals surface area contributed by atoms with Crippen LogP contribution in [0, 0.1) is 0 Å². The van der Waals surface area contributed by atoms with Crippen molar-refractivity contribution in [3.8, 4) is 0 Å². The highest BCUT2D eigenvalue weighted by atomic mass is 16.2. The van der Waals surface area contributed by atoms with Crippen LogP contribution in [-0.2, 0) is 0 Å².